The minimum atomic E-state index is -1.29. The van der Waals surface area contributed by atoms with Gasteiger partial charge in [-0.15, -0.1) is 0 Å². The number of hydrogen-bond donors (Lipinski definition) is 1. The number of nitriles is 1. The van der Waals surface area contributed by atoms with Crippen LogP contribution in [0.25, 0.3) is 0 Å². The molecular weight excluding hydrogens is 277 g/mol. The molecule has 0 fully saturated rings. The van der Waals surface area contributed by atoms with Crippen LogP contribution in [0.1, 0.15) is 5.56 Å². The quantitative estimate of drug-likeness (QED) is 0.830. The molecule has 0 atom stereocenters. The van der Waals surface area contributed by atoms with Crippen LogP contribution in [0.2, 0.25) is 5.02 Å². The lowest BCUT2D eigenvalue weighted by Gasteiger charge is -2.09. The second kappa shape index (κ2) is 5.21. The highest BCUT2D eigenvalue weighted by atomic mass is 35.5. The Labute approximate surface area is 112 Å². The Morgan fingerprint density at radius 2 is 1.84 bits per heavy atom. The van der Waals surface area contributed by atoms with E-state index in [0.29, 0.717) is 11.8 Å². The number of anilines is 2. The van der Waals surface area contributed by atoms with Crippen molar-refractivity contribution in [1.82, 2.24) is 0 Å². The number of hydrogen-bond acceptors (Lipinski definition) is 2. The molecule has 2 rings (SSSR count). The second-order valence-electron chi connectivity index (χ2n) is 3.68. The molecule has 2 nitrogen and oxygen atoms in total. The van der Waals surface area contributed by atoms with E-state index in [1.807, 2.05) is 6.07 Å². The van der Waals surface area contributed by atoms with E-state index in [0.717, 1.165) is 6.07 Å². The highest BCUT2D eigenvalue weighted by Crippen LogP contribution is 2.26. The lowest BCUT2D eigenvalue weighted by molar-refractivity contribution is 0.498. The van der Waals surface area contributed by atoms with Crippen LogP contribution in [-0.4, -0.2) is 0 Å². The van der Waals surface area contributed by atoms with Crippen molar-refractivity contribution in [2.24, 2.45) is 0 Å². The lowest BCUT2D eigenvalue weighted by Crippen LogP contribution is -1.98. The molecule has 6 heteroatoms. The summed E-state index contributed by atoms with van der Waals surface area (Å²) < 4.78 is 39.4. The Hall–Kier alpha value is -2.19. The van der Waals surface area contributed by atoms with Gasteiger partial charge in [-0.05, 0) is 18.2 Å². The summed E-state index contributed by atoms with van der Waals surface area (Å²) in [6, 6.07) is 7.37. The largest absolute Gasteiger partial charge is 0.353 e. The fourth-order valence-corrected chi connectivity index (χ4v) is 1.71. The van der Waals surface area contributed by atoms with E-state index in [1.165, 1.54) is 18.2 Å². The Morgan fingerprint density at radius 3 is 2.47 bits per heavy atom. The molecule has 0 saturated carbocycles. The van der Waals surface area contributed by atoms with Crippen molar-refractivity contribution >= 4 is 23.0 Å². The predicted molar refractivity (Wildman–Crippen MR) is 65.8 cm³/mol. The van der Waals surface area contributed by atoms with E-state index in [1.54, 1.807) is 0 Å². The molecule has 19 heavy (non-hydrogen) atoms. The van der Waals surface area contributed by atoms with E-state index in [4.69, 9.17) is 16.9 Å². The topological polar surface area (TPSA) is 35.8 Å². The maximum absolute atomic E-state index is 13.4. The van der Waals surface area contributed by atoms with Crippen LogP contribution < -0.4 is 5.32 Å². The number of nitrogens with one attached hydrogen (secondary N) is 1. The highest BCUT2D eigenvalue weighted by molar-refractivity contribution is 6.32. The zero-order valence-electron chi connectivity index (χ0n) is 9.35. The molecule has 0 spiro atoms. The van der Waals surface area contributed by atoms with Crippen molar-refractivity contribution in [2.45, 2.75) is 0 Å². The van der Waals surface area contributed by atoms with E-state index >= 15 is 0 Å². The van der Waals surface area contributed by atoms with Gasteiger partial charge in [-0.1, -0.05) is 11.6 Å². The first-order chi connectivity index (χ1) is 9.01. The summed E-state index contributed by atoms with van der Waals surface area (Å²) in [5.74, 6) is -3.38. The Morgan fingerprint density at radius 1 is 1.11 bits per heavy atom. The molecule has 2 aromatic rings. The molecule has 0 heterocycles. The van der Waals surface area contributed by atoms with E-state index in [2.05, 4.69) is 5.32 Å². The molecule has 0 aromatic heterocycles. The van der Waals surface area contributed by atoms with Gasteiger partial charge >= 0.3 is 0 Å². The third-order valence-corrected chi connectivity index (χ3v) is 2.67. The van der Waals surface area contributed by atoms with Crippen LogP contribution in [0.15, 0.2) is 30.3 Å². The minimum absolute atomic E-state index is 0.157. The van der Waals surface area contributed by atoms with Crippen molar-refractivity contribution in [3.8, 4) is 6.07 Å². The molecule has 0 bridgehead atoms. The summed E-state index contributed by atoms with van der Waals surface area (Å²) in [6.45, 7) is 0. The highest BCUT2D eigenvalue weighted by Gasteiger charge is 2.11. The van der Waals surface area contributed by atoms with Crippen molar-refractivity contribution in [1.29, 1.82) is 5.26 Å². The smallest absolute Gasteiger partial charge is 0.182 e. The summed E-state index contributed by atoms with van der Waals surface area (Å²) in [7, 11) is 0. The fourth-order valence-electron chi connectivity index (χ4n) is 1.49. The first kappa shape index (κ1) is 13.2. The molecule has 0 aliphatic carbocycles. The van der Waals surface area contributed by atoms with Crippen LogP contribution in [0.5, 0.6) is 0 Å². The average molecular weight is 283 g/mol. The molecule has 0 aliphatic heterocycles. The molecular formula is C13H6ClF3N2. The number of benzene rings is 2. The van der Waals surface area contributed by atoms with Gasteiger partial charge in [0.15, 0.2) is 11.6 Å². The van der Waals surface area contributed by atoms with Gasteiger partial charge in [0.1, 0.15) is 11.9 Å². The van der Waals surface area contributed by atoms with Crippen LogP contribution in [-0.2, 0) is 0 Å². The summed E-state index contributed by atoms with van der Waals surface area (Å²) in [5, 5.41) is 11.4. The summed E-state index contributed by atoms with van der Waals surface area (Å²) in [6.07, 6.45) is 0. The van der Waals surface area contributed by atoms with Crippen molar-refractivity contribution in [3.63, 3.8) is 0 Å². The van der Waals surface area contributed by atoms with Crippen molar-refractivity contribution in [2.75, 3.05) is 5.32 Å². The fraction of sp³-hybridized carbons (Fsp3) is 0. The molecule has 0 radical (unpaired) electrons. The molecule has 1 N–H and O–H groups in total. The number of halogens is 4. The molecule has 96 valence electrons. The minimum Gasteiger partial charge on any atom is -0.353 e. The third-order valence-electron chi connectivity index (χ3n) is 2.36. The van der Waals surface area contributed by atoms with E-state index in [-0.39, 0.29) is 16.3 Å². The summed E-state index contributed by atoms with van der Waals surface area (Å²) >= 11 is 5.79. The first-order valence-corrected chi connectivity index (χ1v) is 5.50. The Bertz CT molecular complexity index is 680. The summed E-state index contributed by atoms with van der Waals surface area (Å²) in [5.41, 5.74) is 0.212. The maximum Gasteiger partial charge on any atom is 0.182 e. The molecule has 0 amide bonds. The predicted octanol–water partition coefficient (Wildman–Crippen LogP) is 4.37. The molecule has 0 aliphatic rings. The van der Waals surface area contributed by atoms with Crippen molar-refractivity contribution in [3.05, 3.63) is 58.4 Å². The van der Waals surface area contributed by atoms with Crippen molar-refractivity contribution < 1.29 is 13.2 Å². The second-order valence-corrected chi connectivity index (χ2v) is 4.09. The molecule has 2 aromatic carbocycles. The number of rotatable bonds is 2. The number of nitrogens with zero attached hydrogens (tertiary/aromatic N) is 1. The van der Waals surface area contributed by atoms with Gasteiger partial charge in [0, 0.05) is 17.8 Å². The first-order valence-electron chi connectivity index (χ1n) is 5.12. The monoisotopic (exact) mass is 282 g/mol. The zero-order valence-corrected chi connectivity index (χ0v) is 10.1. The van der Waals surface area contributed by atoms with Gasteiger partial charge in [0.2, 0.25) is 0 Å². The maximum atomic E-state index is 13.4. The van der Waals surface area contributed by atoms with Gasteiger partial charge < -0.3 is 5.32 Å². The van der Waals surface area contributed by atoms with E-state index in [9.17, 15) is 13.2 Å². The Balaban J connectivity index is 2.37. The zero-order chi connectivity index (χ0) is 14.0. The van der Waals surface area contributed by atoms with Crippen LogP contribution in [0, 0.1) is 28.8 Å². The van der Waals surface area contributed by atoms with Gasteiger partial charge in [0.25, 0.3) is 0 Å². The summed E-state index contributed by atoms with van der Waals surface area (Å²) in [4.78, 5) is 0. The standard InChI is InChI=1S/C13H6ClF3N2/c14-10-5-9(2-1-7(10)6-18)19-12-4-8(15)3-11(16)13(12)17/h1-5,19H. The normalized spacial score (nSPS) is 10.1. The van der Waals surface area contributed by atoms with E-state index < -0.39 is 17.5 Å². The average Bonchev–Trinajstić information content (AvgIpc) is 2.35. The van der Waals surface area contributed by atoms with Gasteiger partial charge in [-0.2, -0.15) is 5.26 Å². The van der Waals surface area contributed by atoms with Crippen LogP contribution in [0.4, 0.5) is 24.5 Å². The molecule has 0 saturated heterocycles. The third kappa shape index (κ3) is 2.80. The van der Waals surface area contributed by atoms with Crippen LogP contribution >= 0.6 is 11.6 Å². The van der Waals surface area contributed by atoms with Crippen LogP contribution in [0.3, 0.4) is 0 Å². The molecule has 0 unspecified atom stereocenters. The van der Waals surface area contributed by atoms with Gasteiger partial charge in [-0.25, -0.2) is 13.2 Å². The van der Waals surface area contributed by atoms with Gasteiger partial charge in [-0.3, -0.25) is 0 Å². The lowest BCUT2D eigenvalue weighted by atomic mass is 10.2. The SMILES string of the molecule is N#Cc1ccc(Nc2cc(F)cc(F)c2F)cc1Cl. The van der Waals surface area contributed by atoms with Gasteiger partial charge in [0.05, 0.1) is 16.3 Å². The Kier molecular flexibility index (Phi) is 3.63.